The van der Waals surface area contributed by atoms with Crippen LogP contribution in [0.5, 0.6) is 0 Å². The molecule has 0 aliphatic heterocycles. The standard InChI is InChI=1S/C9H13F4NO2/c10-7(11)9(12,13)8(16)14(4-5-15)6-2-1-3-6/h6-7,15H,1-5H2. The molecule has 1 aliphatic rings. The topological polar surface area (TPSA) is 40.5 Å². The summed E-state index contributed by atoms with van der Waals surface area (Å²) in [6.07, 6.45) is -2.20. The monoisotopic (exact) mass is 243 g/mol. The third-order valence-corrected chi connectivity index (χ3v) is 2.68. The average molecular weight is 243 g/mol. The largest absolute Gasteiger partial charge is 0.395 e. The Morgan fingerprint density at radius 2 is 2.00 bits per heavy atom. The second-order valence-corrected chi connectivity index (χ2v) is 3.73. The third kappa shape index (κ3) is 2.45. The van der Waals surface area contributed by atoms with E-state index < -0.39 is 30.9 Å². The lowest BCUT2D eigenvalue weighted by Gasteiger charge is -2.38. The maximum Gasteiger partial charge on any atom is 0.383 e. The lowest BCUT2D eigenvalue weighted by molar-refractivity contribution is -0.184. The second-order valence-electron chi connectivity index (χ2n) is 3.73. The Bertz CT molecular complexity index is 256. The van der Waals surface area contributed by atoms with Crippen LogP contribution in [0.25, 0.3) is 0 Å². The molecule has 0 radical (unpaired) electrons. The van der Waals surface area contributed by atoms with Crippen LogP contribution in [0.3, 0.4) is 0 Å². The molecule has 1 fully saturated rings. The summed E-state index contributed by atoms with van der Waals surface area (Å²) in [5, 5.41) is 8.63. The zero-order valence-electron chi connectivity index (χ0n) is 8.50. The van der Waals surface area contributed by atoms with Crippen LogP contribution in [0.4, 0.5) is 17.6 Å². The minimum atomic E-state index is -4.66. The zero-order chi connectivity index (χ0) is 12.3. The van der Waals surface area contributed by atoms with Gasteiger partial charge in [-0.25, -0.2) is 8.78 Å². The molecule has 0 bridgehead atoms. The fraction of sp³-hybridized carbons (Fsp3) is 0.889. The first kappa shape index (κ1) is 13.2. The fourth-order valence-electron chi connectivity index (χ4n) is 1.54. The van der Waals surface area contributed by atoms with Crippen molar-refractivity contribution in [2.24, 2.45) is 0 Å². The smallest absolute Gasteiger partial charge is 0.383 e. The molecule has 0 saturated heterocycles. The first-order valence-corrected chi connectivity index (χ1v) is 4.99. The van der Waals surface area contributed by atoms with Gasteiger partial charge >= 0.3 is 12.3 Å². The lowest BCUT2D eigenvalue weighted by atomic mass is 9.91. The Kier molecular flexibility index (Phi) is 4.12. The number of hydrogen-bond acceptors (Lipinski definition) is 2. The molecule has 0 atom stereocenters. The van der Waals surface area contributed by atoms with E-state index in [2.05, 4.69) is 0 Å². The molecule has 0 heterocycles. The molecule has 1 aliphatic carbocycles. The first-order chi connectivity index (χ1) is 7.41. The number of rotatable bonds is 5. The van der Waals surface area contributed by atoms with Gasteiger partial charge in [0.2, 0.25) is 0 Å². The van der Waals surface area contributed by atoms with Crippen molar-refractivity contribution in [2.75, 3.05) is 13.2 Å². The summed E-state index contributed by atoms with van der Waals surface area (Å²) < 4.78 is 49.6. The number of carbonyl (C=O) groups excluding carboxylic acids is 1. The predicted molar refractivity (Wildman–Crippen MR) is 47.4 cm³/mol. The van der Waals surface area contributed by atoms with Crippen molar-refractivity contribution in [3.8, 4) is 0 Å². The summed E-state index contributed by atoms with van der Waals surface area (Å²) in [4.78, 5) is 11.9. The second kappa shape index (κ2) is 4.99. The van der Waals surface area contributed by atoms with Crippen molar-refractivity contribution >= 4 is 5.91 Å². The van der Waals surface area contributed by atoms with Gasteiger partial charge in [-0.1, -0.05) is 0 Å². The lowest BCUT2D eigenvalue weighted by Crippen LogP contribution is -2.54. The maximum absolute atomic E-state index is 12.8. The van der Waals surface area contributed by atoms with Gasteiger partial charge in [-0.3, -0.25) is 4.79 Å². The normalized spacial score (nSPS) is 17.4. The molecule has 0 aromatic rings. The van der Waals surface area contributed by atoms with Crippen LogP contribution >= 0.6 is 0 Å². The van der Waals surface area contributed by atoms with Crippen molar-refractivity contribution in [3.63, 3.8) is 0 Å². The maximum atomic E-state index is 12.8. The molecule has 16 heavy (non-hydrogen) atoms. The van der Waals surface area contributed by atoms with Gasteiger partial charge in [0.15, 0.2) is 0 Å². The number of hydrogen-bond donors (Lipinski definition) is 1. The number of aliphatic hydroxyl groups excluding tert-OH is 1. The summed E-state index contributed by atoms with van der Waals surface area (Å²) in [5.74, 6) is -6.55. The molecule has 0 aromatic carbocycles. The Balaban J connectivity index is 2.73. The summed E-state index contributed by atoms with van der Waals surface area (Å²) >= 11 is 0. The zero-order valence-corrected chi connectivity index (χ0v) is 8.50. The Labute approximate surface area is 90.0 Å². The van der Waals surface area contributed by atoms with Gasteiger partial charge in [0, 0.05) is 12.6 Å². The number of aliphatic hydroxyl groups is 1. The highest BCUT2D eigenvalue weighted by molar-refractivity contribution is 5.84. The number of amides is 1. The highest BCUT2D eigenvalue weighted by atomic mass is 19.3. The van der Waals surface area contributed by atoms with E-state index in [9.17, 15) is 22.4 Å². The van der Waals surface area contributed by atoms with Crippen LogP contribution in [0, 0.1) is 0 Å². The first-order valence-electron chi connectivity index (χ1n) is 4.99. The number of halogens is 4. The quantitative estimate of drug-likeness (QED) is 0.738. The molecule has 94 valence electrons. The van der Waals surface area contributed by atoms with E-state index in [1.54, 1.807) is 0 Å². The summed E-state index contributed by atoms with van der Waals surface area (Å²) in [6, 6.07) is -0.440. The molecule has 0 unspecified atom stereocenters. The van der Waals surface area contributed by atoms with Crippen LogP contribution in [0.2, 0.25) is 0 Å². The third-order valence-electron chi connectivity index (χ3n) is 2.68. The highest BCUT2D eigenvalue weighted by Crippen LogP contribution is 2.31. The molecular formula is C9H13F4NO2. The van der Waals surface area contributed by atoms with E-state index in [0.29, 0.717) is 17.7 Å². The van der Waals surface area contributed by atoms with E-state index in [1.807, 2.05) is 0 Å². The molecule has 1 amide bonds. The van der Waals surface area contributed by atoms with Crippen molar-refractivity contribution in [1.29, 1.82) is 0 Å². The van der Waals surface area contributed by atoms with E-state index in [-0.39, 0.29) is 6.54 Å². The SMILES string of the molecule is O=C(N(CCO)C1CCC1)C(F)(F)C(F)F. The Morgan fingerprint density at radius 3 is 2.31 bits per heavy atom. The van der Waals surface area contributed by atoms with Gasteiger partial charge in [-0.15, -0.1) is 0 Å². The molecule has 1 saturated carbocycles. The van der Waals surface area contributed by atoms with Gasteiger partial charge in [-0.05, 0) is 19.3 Å². The van der Waals surface area contributed by atoms with Gasteiger partial charge in [0.1, 0.15) is 0 Å². The molecule has 0 aromatic heterocycles. The fourth-order valence-corrected chi connectivity index (χ4v) is 1.54. The molecule has 1 rings (SSSR count). The number of nitrogens with zero attached hydrogens (tertiary/aromatic N) is 1. The summed E-state index contributed by atoms with van der Waals surface area (Å²) in [7, 11) is 0. The molecule has 3 nitrogen and oxygen atoms in total. The summed E-state index contributed by atoms with van der Waals surface area (Å²) in [6.45, 7) is -0.840. The van der Waals surface area contributed by atoms with Crippen LogP contribution in [-0.4, -0.2) is 47.5 Å². The van der Waals surface area contributed by atoms with Crippen LogP contribution in [-0.2, 0) is 4.79 Å². The van der Waals surface area contributed by atoms with Crippen molar-refractivity contribution < 1.29 is 27.5 Å². The number of carbonyl (C=O) groups is 1. The highest BCUT2D eigenvalue weighted by Gasteiger charge is 2.52. The predicted octanol–water partition coefficient (Wildman–Crippen LogP) is 1.26. The molecule has 0 spiro atoms. The Hall–Kier alpha value is -0.850. The number of alkyl halides is 4. The van der Waals surface area contributed by atoms with Gasteiger partial charge < -0.3 is 10.0 Å². The molecule has 7 heteroatoms. The Morgan fingerprint density at radius 1 is 1.44 bits per heavy atom. The van der Waals surface area contributed by atoms with Gasteiger partial charge in [-0.2, -0.15) is 8.78 Å². The molecule has 1 N–H and O–H groups in total. The van der Waals surface area contributed by atoms with Crippen molar-refractivity contribution in [2.45, 2.75) is 37.7 Å². The van der Waals surface area contributed by atoms with Gasteiger partial charge in [0.25, 0.3) is 5.91 Å². The summed E-state index contributed by atoms with van der Waals surface area (Å²) in [5.41, 5.74) is 0. The van der Waals surface area contributed by atoms with E-state index in [0.717, 1.165) is 6.42 Å². The van der Waals surface area contributed by atoms with E-state index in [4.69, 9.17) is 5.11 Å². The minimum absolute atomic E-state index is 0.328. The average Bonchev–Trinajstić information content (AvgIpc) is 2.12. The van der Waals surface area contributed by atoms with Gasteiger partial charge in [0.05, 0.1) is 6.61 Å². The minimum Gasteiger partial charge on any atom is -0.395 e. The molecular weight excluding hydrogens is 230 g/mol. The van der Waals surface area contributed by atoms with Crippen molar-refractivity contribution in [1.82, 2.24) is 4.90 Å². The van der Waals surface area contributed by atoms with E-state index >= 15 is 0 Å². The van der Waals surface area contributed by atoms with Crippen LogP contribution in [0.15, 0.2) is 0 Å². The van der Waals surface area contributed by atoms with Crippen LogP contribution < -0.4 is 0 Å². The van der Waals surface area contributed by atoms with E-state index in [1.165, 1.54) is 0 Å². The van der Waals surface area contributed by atoms with Crippen LogP contribution in [0.1, 0.15) is 19.3 Å². The van der Waals surface area contributed by atoms with Crippen molar-refractivity contribution in [3.05, 3.63) is 0 Å².